The molecule has 0 spiro atoms. The Morgan fingerprint density at radius 2 is 1.55 bits per heavy atom. The zero-order valence-corrected chi connectivity index (χ0v) is 15.2. The Labute approximate surface area is 134 Å². The van der Waals surface area contributed by atoms with Crippen molar-refractivity contribution >= 4 is 11.8 Å². The molecule has 1 heterocycles. The molecule has 2 atom stereocenters. The molecular weight excluding hydrogens is 278 g/mol. The molecule has 0 saturated heterocycles. The van der Waals surface area contributed by atoms with E-state index in [1.807, 2.05) is 55.4 Å². The number of allylic oxidation sites excluding steroid dienone is 1. The lowest BCUT2D eigenvalue weighted by molar-refractivity contribution is -0.127. The summed E-state index contributed by atoms with van der Waals surface area (Å²) in [5.41, 5.74) is 0.952. The lowest BCUT2D eigenvalue weighted by atomic mass is 9.86. The average Bonchev–Trinajstić information content (AvgIpc) is 2.23. The highest BCUT2D eigenvalue weighted by Crippen LogP contribution is 2.25. The molecule has 0 aromatic rings. The first-order chi connectivity index (χ1) is 9.80. The van der Waals surface area contributed by atoms with E-state index in [-0.39, 0.29) is 34.9 Å². The Morgan fingerprint density at radius 3 is 2.00 bits per heavy atom. The van der Waals surface area contributed by atoms with Crippen molar-refractivity contribution in [2.24, 2.45) is 5.92 Å². The van der Waals surface area contributed by atoms with Crippen LogP contribution in [0.2, 0.25) is 0 Å². The van der Waals surface area contributed by atoms with Crippen LogP contribution in [0.5, 0.6) is 0 Å². The number of amides is 2. The standard InChI is InChI=1S/C17H31N3O2/c1-10-12(14(21)19-16(3,4)5)9-13(11(2)18-10)15(22)20-17(6,7)8/h10,12,18H,9H2,1-8H3,(H,19,21)(H,20,22)/t10-,12-/m0/s1. The van der Waals surface area contributed by atoms with Crippen LogP contribution in [0.1, 0.15) is 61.8 Å². The van der Waals surface area contributed by atoms with Crippen LogP contribution in [0.3, 0.4) is 0 Å². The van der Waals surface area contributed by atoms with E-state index in [1.54, 1.807) is 0 Å². The van der Waals surface area contributed by atoms with E-state index in [2.05, 4.69) is 16.0 Å². The molecule has 22 heavy (non-hydrogen) atoms. The molecule has 1 aliphatic rings. The van der Waals surface area contributed by atoms with Crippen molar-refractivity contribution in [1.29, 1.82) is 0 Å². The van der Waals surface area contributed by atoms with Crippen LogP contribution in [0.4, 0.5) is 0 Å². The van der Waals surface area contributed by atoms with Gasteiger partial charge in [-0.3, -0.25) is 9.59 Å². The van der Waals surface area contributed by atoms with Crippen molar-refractivity contribution in [3.05, 3.63) is 11.3 Å². The molecule has 5 heteroatoms. The van der Waals surface area contributed by atoms with Gasteiger partial charge in [-0.1, -0.05) is 0 Å². The van der Waals surface area contributed by atoms with Crippen LogP contribution < -0.4 is 16.0 Å². The van der Waals surface area contributed by atoms with Crippen molar-refractivity contribution in [3.63, 3.8) is 0 Å². The van der Waals surface area contributed by atoms with Crippen LogP contribution in [-0.4, -0.2) is 28.9 Å². The van der Waals surface area contributed by atoms with Gasteiger partial charge in [-0.15, -0.1) is 0 Å². The van der Waals surface area contributed by atoms with E-state index in [0.717, 1.165) is 5.70 Å². The van der Waals surface area contributed by atoms with Crippen molar-refractivity contribution in [1.82, 2.24) is 16.0 Å². The summed E-state index contributed by atoms with van der Waals surface area (Å²) in [7, 11) is 0. The average molecular weight is 309 g/mol. The van der Waals surface area contributed by atoms with Gasteiger partial charge in [0.05, 0.1) is 5.92 Å². The molecule has 0 unspecified atom stereocenters. The summed E-state index contributed by atoms with van der Waals surface area (Å²) < 4.78 is 0. The number of hydrogen-bond donors (Lipinski definition) is 3. The van der Waals surface area contributed by atoms with Crippen molar-refractivity contribution in [2.45, 2.75) is 78.9 Å². The van der Waals surface area contributed by atoms with Gasteiger partial charge in [0, 0.05) is 28.4 Å². The fourth-order valence-corrected chi connectivity index (χ4v) is 2.54. The number of rotatable bonds is 2. The molecule has 0 aromatic heterocycles. The molecule has 5 nitrogen and oxygen atoms in total. The third-order valence-corrected chi connectivity index (χ3v) is 3.52. The van der Waals surface area contributed by atoms with Gasteiger partial charge < -0.3 is 16.0 Å². The van der Waals surface area contributed by atoms with E-state index in [9.17, 15) is 9.59 Å². The van der Waals surface area contributed by atoms with Crippen LogP contribution in [0, 0.1) is 5.92 Å². The molecule has 126 valence electrons. The van der Waals surface area contributed by atoms with E-state index >= 15 is 0 Å². The molecule has 0 bridgehead atoms. The number of carbonyl (C=O) groups excluding carboxylic acids is 2. The Hall–Kier alpha value is -1.52. The Balaban J connectivity index is 2.91. The molecule has 2 amide bonds. The van der Waals surface area contributed by atoms with Gasteiger partial charge in [0.25, 0.3) is 0 Å². The van der Waals surface area contributed by atoms with Gasteiger partial charge in [0.1, 0.15) is 0 Å². The van der Waals surface area contributed by atoms with Gasteiger partial charge in [-0.2, -0.15) is 0 Å². The lowest BCUT2D eigenvalue weighted by Gasteiger charge is -2.34. The highest BCUT2D eigenvalue weighted by atomic mass is 16.2. The normalized spacial score (nSPS) is 22.9. The zero-order valence-electron chi connectivity index (χ0n) is 15.2. The highest BCUT2D eigenvalue weighted by molar-refractivity contribution is 5.96. The zero-order chi connectivity index (χ0) is 17.3. The van der Waals surface area contributed by atoms with Crippen molar-refractivity contribution < 1.29 is 9.59 Å². The second-order valence-electron chi connectivity index (χ2n) is 8.29. The van der Waals surface area contributed by atoms with Crippen molar-refractivity contribution in [3.8, 4) is 0 Å². The second kappa shape index (κ2) is 6.31. The van der Waals surface area contributed by atoms with Crippen LogP contribution >= 0.6 is 0 Å². The largest absolute Gasteiger partial charge is 0.385 e. The minimum absolute atomic E-state index is 0.00790. The topological polar surface area (TPSA) is 70.2 Å². The number of carbonyl (C=O) groups is 2. The maximum atomic E-state index is 12.5. The summed E-state index contributed by atoms with van der Waals surface area (Å²) >= 11 is 0. The van der Waals surface area contributed by atoms with E-state index in [4.69, 9.17) is 0 Å². The first-order valence-electron chi connectivity index (χ1n) is 7.91. The van der Waals surface area contributed by atoms with Gasteiger partial charge in [-0.05, 0) is 61.8 Å². The Morgan fingerprint density at radius 1 is 1.05 bits per heavy atom. The Kier molecular flexibility index (Phi) is 5.31. The van der Waals surface area contributed by atoms with Crippen LogP contribution in [-0.2, 0) is 9.59 Å². The third kappa shape index (κ3) is 5.35. The Bertz CT molecular complexity index is 481. The molecule has 0 aliphatic carbocycles. The number of nitrogens with one attached hydrogen (secondary N) is 3. The van der Waals surface area contributed by atoms with Gasteiger partial charge in [0.15, 0.2) is 0 Å². The van der Waals surface area contributed by atoms with Gasteiger partial charge >= 0.3 is 0 Å². The highest BCUT2D eigenvalue weighted by Gasteiger charge is 2.35. The molecule has 1 rings (SSSR count). The predicted molar refractivity (Wildman–Crippen MR) is 89.2 cm³/mol. The molecule has 3 N–H and O–H groups in total. The third-order valence-electron chi connectivity index (χ3n) is 3.52. The SMILES string of the molecule is CC1=C(C(=O)NC(C)(C)C)C[C@H](C(=O)NC(C)(C)C)[C@H](C)N1. The molecule has 1 aliphatic heterocycles. The molecular formula is C17H31N3O2. The van der Waals surface area contributed by atoms with Crippen LogP contribution in [0.15, 0.2) is 11.3 Å². The minimum atomic E-state index is -0.295. The monoisotopic (exact) mass is 309 g/mol. The summed E-state index contributed by atoms with van der Waals surface area (Å²) in [4.78, 5) is 24.9. The molecule has 0 radical (unpaired) electrons. The van der Waals surface area contributed by atoms with E-state index in [1.165, 1.54) is 0 Å². The molecule has 0 aromatic carbocycles. The van der Waals surface area contributed by atoms with Crippen molar-refractivity contribution in [2.75, 3.05) is 0 Å². The van der Waals surface area contributed by atoms with Gasteiger partial charge in [-0.25, -0.2) is 0 Å². The molecule has 0 saturated carbocycles. The first-order valence-corrected chi connectivity index (χ1v) is 7.91. The summed E-state index contributed by atoms with van der Waals surface area (Å²) in [6, 6.07) is 0.00790. The minimum Gasteiger partial charge on any atom is -0.385 e. The van der Waals surface area contributed by atoms with Gasteiger partial charge in [0.2, 0.25) is 11.8 Å². The van der Waals surface area contributed by atoms with Crippen LogP contribution in [0.25, 0.3) is 0 Å². The summed E-state index contributed by atoms with van der Waals surface area (Å²) in [5, 5.41) is 9.25. The summed E-state index contributed by atoms with van der Waals surface area (Å²) in [5.74, 6) is -0.359. The second-order valence-corrected chi connectivity index (χ2v) is 8.29. The maximum Gasteiger partial charge on any atom is 0.249 e. The van der Waals surface area contributed by atoms with E-state index < -0.39 is 0 Å². The summed E-state index contributed by atoms with van der Waals surface area (Å²) in [6.07, 6.45) is 0.462. The molecule has 0 fully saturated rings. The quantitative estimate of drug-likeness (QED) is 0.731. The predicted octanol–water partition coefficient (Wildman–Crippen LogP) is 2.09. The smallest absolute Gasteiger partial charge is 0.249 e. The first kappa shape index (κ1) is 18.5. The summed E-state index contributed by atoms with van der Waals surface area (Å²) in [6.45, 7) is 15.6. The lowest BCUT2D eigenvalue weighted by Crippen LogP contribution is -2.52. The maximum absolute atomic E-state index is 12.5. The fourth-order valence-electron chi connectivity index (χ4n) is 2.54. The van der Waals surface area contributed by atoms with E-state index in [0.29, 0.717) is 12.0 Å². The fraction of sp³-hybridized carbons (Fsp3) is 0.765. The number of hydrogen-bond acceptors (Lipinski definition) is 3.